The number of alkyl halides is 2. The lowest BCUT2D eigenvalue weighted by molar-refractivity contribution is 0.100. The Kier molecular flexibility index (Phi) is 6.49. The van der Waals surface area contributed by atoms with Crippen molar-refractivity contribution in [3.63, 3.8) is 0 Å². The quantitative estimate of drug-likeness (QED) is 0.642. The van der Waals surface area contributed by atoms with Gasteiger partial charge in [0.2, 0.25) is 9.84 Å². The standard InChI is InChI=1S/C19H23F2N5O3S/c1-23-10-12-4-2-3-5-16(12)26-11-15(17(22)27)18(25-26)24-13-6-8-14(9-7-13)30(28,29)19(20)21/h6-12,16,19H,2-5H2,1H3,(H2,22,27)(H,24,25)/b23-10-/t12-,16+/m1/s1. The Bertz CT molecular complexity index is 1030. The van der Waals surface area contributed by atoms with Crippen molar-refractivity contribution in [2.45, 2.75) is 42.4 Å². The van der Waals surface area contributed by atoms with Crippen LogP contribution in [-0.2, 0) is 9.84 Å². The van der Waals surface area contributed by atoms with Crippen LogP contribution in [0.3, 0.4) is 0 Å². The largest absolute Gasteiger partial charge is 0.365 e. The zero-order valence-corrected chi connectivity index (χ0v) is 17.1. The van der Waals surface area contributed by atoms with Crippen LogP contribution in [0.2, 0.25) is 0 Å². The summed E-state index contributed by atoms with van der Waals surface area (Å²) >= 11 is 0. The highest BCUT2D eigenvalue weighted by atomic mass is 32.2. The highest BCUT2D eigenvalue weighted by Gasteiger charge is 2.28. The van der Waals surface area contributed by atoms with Crippen molar-refractivity contribution >= 4 is 33.5 Å². The fourth-order valence-corrected chi connectivity index (χ4v) is 4.36. The van der Waals surface area contributed by atoms with Crippen LogP contribution in [0.1, 0.15) is 42.1 Å². The molecule has 0 unspecified atom stereocenters. The number of amides is 1. The summed E-state index contributed by atoms with van der Waals surface area (Å²) in [5, 5.41) is 7.41. The van der Waals surface area contributed by atoms with Crippen LogP contribution in [0.4, 0.5) is 20.3 Å². The second-order valence-electron chi connectivity index (χ2n) is 7.11. The van der Waals surface area contributed by atoms with E-state index in [1.165, 1.54) is 12.1 Å². The van der Waals surface area contributed by atoms with E-state index in [1.54, 1.807) is 17.9 Å². The van der Waals surface area contributed by atoms with Gasteiger partial charge in [0.25, 0.3) is 5.91 Å². The summed E-state index contributed by atoms with van der Waals surface area (Å²) in [7, 11) is -2.96. The molecule has 1 saturated carbocycles. The lowest BCUT2D eigenvalue weighted by atomic mass is 9.85. The van der Waals surface area contributed by atoms with E-state index >= 15 is 0 Å². The number of hydrogen-bond donors (Lipinski definition) is 2. The number of carbonyl (C=O) groups excluding carboxylic acids is 1. The van der Waals surface area contributed by atoms with Gasteiger partial charge in [-0.25, -0.2) is 8.42 Å². The Labute approximate surface area is 173 Å². The average molecular weight is 439 g/mol. The van der Waals surface area contributed by atoms with E-state index in [0.717, 1.165) is 37.8 Å². The minimum Gasteiger partial charge on any atom is -0.365 e. The highest BCUT2D eigenvalue weighted by Crippen LogP contribution is 2.34. The lowest BCUT2D eigenvalue weighted by Crippen LogP contribution is -2.25. The number of nitrogens with one attached hydrogen (secondary N) is 1. The van der Waals surface area contributed by atoms with Crippen LogP contribution in [0, 0.1) is 5.92 Å². The van der Waals surface area contributed by atoms with Gasteiger partial charge in [-0.1, -0.05) is 12.8 Å². The first-order chi connectivity index (χ1) is 14.2. The molecule has 8 nitrogen and oxygen atoms in total. The van der Waals surface area contributed by atoms with Crippen LogP contribution >= 0.6 is 0 Å². The maximum absolute atomic E-state index is 12.7. The molecule has 0 bridgehead atoms. The molecule has 1 aromatic heterocycles. The molecule has 1 aliphatic rings. The Hall–Kier alpha value is -2.82. The summed E-state index contributed by atoms with van der Waals surface area (Å²) < 4.78 is 50.2. The van der Waals surface area contributed by atoms with Crippen LogP contribution in [-0.4, -0.2) is 43.1 Å². The van der Waals surface area contributed by atoms with Crippen molar-refractivity contribution in [1.29, 1.82) is 0 Å². The summed E-state index contributed by atoms with van der Waals surface area (Å²) in [4.78, 5) is 15.6. The summed E-state index contributed by atoms with van der Waals surface area (Å²) in [5.74, 6) is -3.76. The van der Waals surface area contributed by atoms with Gasteiger partial charge in [0.1, 0.15) is 5.56 Å². The summed E-state index contributed by atoms with van der Waals surface area (Å²) in [6.45, 7) is 0. The molecule has 0 aliphatic heterocycles. The van der Waals surface area contributed by atoms with Crippen molar-refractivity contribution in [1.82, 2.24) is 9.78 Å². The van der Waals surface area contributed by atoms with E-state index in [4.69, 9.17) is 5.73 Å². The average Bonchev–Trinajstić information content (AvgIpc) is 3.13. The second-order valence-corrected chi connectivity index (χ2v) is 9.03. The third-order valence-electron chi connectivity index (χ3n) is 5.14. The smallest absolute Gasteiger partial charge is 0.341 e. The predicted octanol–water partition coefficient (Wildman–Crippen LogP) is 3.15. The van der Waals surface area contributed by atoms with Crippen LogP contribution in [0.15, 0.2) is 40.4 Å². The minimum absolute atomic E-state index is 0.0367. The summed E-state index contributed by atoms with van der Waals surface area (Å²) in [6, 6.07) is 4.83. The SMILES string of the molecule is C/N=C\[C@H]1CCCC[C@@H]1n1cc(C(N)=O)c(Nc2ccc(S(=O)(=O)C(F)F)cc2)n1. The Morgan fingerprint density at radius 3 is 2.57 bits per heavy atom. The van der Waals surface area contributed by atoms with Gasteiger partial charge in [0.05, 0.1) is 10.9 Å². The third kappa shape index (κ3) is 4.50. The number of anilines is 2. The van der Waals surface area contributed by atoms with Gasteiger partial charge in [0.15, 0.2) is 5.82 Å². The molecule has 1 amide bonds. The molecule has 1 fully saturated rings. The normalized spacial score (nSPS) is 20.0. The molecule has 3 rings (SSSR count). The molecular formula is C19H23F2N5O3S. The number of aromatic nitrogens is 2. The van der Waals surface area contributed by atoms with E-state index < -0.39 is 26.4 Å². The van der Waals surface area contributed by atoms with Crippen molar-refractivity contribution in [3.8, 4) is 0 Å². The molecule has 0 spiro atoms. The molecule has 0 radical (unpaired) electrons. The molecular weight excluding hydrogens is 416 g/mol. The fraction of sp³-hybridized carbons (Fsp3) is 0.421. The number of aliphatic imine (C=N–C) groups is 1. The van der Waals surface area contributed by atoms with Crippen LogP contribution in [0.25, 0.3) is 0 Å². The number of primary amides is 1. The fourth-order valence-electron chi connectivity index (χ4n) is 3.64. The molecule has 0 saturated heterocycles. The molecule has 1 heterocycles. The first-order valence-electron chi connectivity index (χ1n) is 9.44. The van der Waals surface area contributed by atoms with Crippen molar-refractivity contribution in [2.24, 2.45) is 16.6 Å². The van der Waals surface area contributed by atoms with Gasteiger partial charge in [-0.05, 0) is 37.1 Å². The molecule has 3 N–H and O–H groups in total. The van der Waals surface area contributed by atoms with Crippen molar-refractivity contribution in [3.05, 3.63) is 36.0 Å². The van der Waals surface area contributed by atoms with E-state index in [2.05, 4.69) is 15.4 Å². The number of benzene rings is 1. The van der Waals surface area contributed by atoms with Gasteiger partial charge in [0, 0.05) is 31.1 Å². The summed E-state index contributed by atoms with van der Waals surface area (Å²) in [5.41, 5.74) is 6.06. The van der Waals surface area contributed by atoms with Gasteiger partial charge >= 0.3 is 5.76 Å². The number of halogens is 2. The first-order valence-corrected chi connectivity index (χ1v) is 11.0. The van der Waals surface area contributed by atoms with E-state index in [-0.39, 0.29) is 23.3 Å². The maximum atomic E-state index is 12.7. The monoisotopic (exact) mass is 439 g/mol. The van der Waals surface area contributed by atoms with Crippen molar-refractivity contribution in [2.75, 3.05) is 12.4 Å². The minimum atomic E-state index is -4.68. The van der Waals surface area contributed by atoms with Crippen molar-refractivity contribution < 1.29 is 22.0 Å². The molecule has 1 aliphatic carbocycles. The molecule has 1 aromatic carbocycles. The van der Waals surface area contributed by atoms with E-state index in [9.17, 15) is 22.0 Å². The lowest BCUT2D eigenvalue weighted by Gasteiger charge is -2.29. The second kappa shape index (κ2) is 8.90. The van der Waals surface area contributed by atoms with Gasteiger partial charge < -0.3 is 16.0 Å². The number of sulfone groups is 1. The third-order valence-corrected chi connectivity index (χ3v) is 6.54. The van der Waals surface area contributed by atoms with Gasteiger partial charge in [-0.2, -0.15) is 13.9 Å². The summed E-state index contributed by atoms with van der Waals surface area (Å²) in [6.07, 6.45) is 7.47. The Morgan fingerprint density at radius 1 is 1.30 bits per heavy atom. The predicted molar refractivity (Wildman–Crippen MR) is 109 cm³/mol. The number of rotatable bonds is 7. The number of nitrogens with two attached hydrogens (primary N) is 1. The molecule has 2 aromatic rings. The Balaban J connectivity index is 1.88. The highest BCUT2D eigenvalue weighted by molar-refractivity contribution is 7.91. The van der Waals surface area contributed by atoms with E-state index in [1.807, 2.05) is 6.21 Å². The molecule has 2 atom stereocenters. The van der Waals surface area contributed by atoms with Gasteiger partial charge in [-0.15, -0.1) is 0 Å². The first kappa shape index (κ1) is 21.9. The number of nitrogens with zero attached hydrogens (tertiary/aromatic N) is 3. The van der Waals surface area contributed by atoms with E-state index in [0.29, 0.717) is 5.69 Å². The zero-order chi connectivity index (χ0) is 21.9. The maximum Gasteiger partial charge on any atom is 0.341 e. The topological polar surface area (TPSA) is 119 Å². The zero-order valence-electron chi connectivity index (χ0n) is 16.3. The number of carbonyl (C=O) groups is 1. The van der Waals surface area contributed by atoms with Gasteiger partial charge in [-0.3, -0.25) is 9.48 Å². The molecule has 162 valence electrons. The molecule has 30 heavy (non-hydrogen) atoms. The van der Waals surface area contributed by atoms with Crippen LogP contribution in [0.5, 0.6) is 0 Å². The van der Waals surface area contributed by atoms with Crippen LogP contribution < -0.4 is 11.1 Å². The Morgan fingerprint density at radius 2 is 1.97 bits per heavy atom. The molecule has 11 heteroatoms. The number of hydrogen-bond acceptors (Lipinski definition) is 6.